The lowest BCUT2D eigenvalue weighted by atomic mass is 9.87. The minimum atomic E-state index is -1.29. The van der Waals surface area contributed by atoms with Crippen LogP contribution >= 0.6 is 23.2 Å². The largest absolute Gasteiger partial charge is 0.324 e. The number of amides is 1. The summed E-state index contributed by atoms with van der Waals surface area (Å²) in [5, 5.41) is 3.50. The molecule has 0 fully saturated rings. The molecule has 0 aliphatic carbocycles. The smallest absolute Gasteiger partial charge is 0.237 e. The molecule has 2 aromatic rings. The van der Waals surface area contributed by atoms with Gasteiger partial charge in [0.15, 0.2) is 0 Å². The highest BCUT2D eigenvalue weighted by atomic mass is 35.5. The summed E-state index contributed by atoms with van der Waals surface area (Å²) < 4.78 is 12.2. The van der Waals surface area contributed by atoms with Crippen LogP contribution in [0.2, 0.25) is 10.0 Å². The average molecular weight is 398 g/mol. The van der Waals surface area contributed by atoms with Crippen molar-refractivity contribution in [1.82, 2.24) is 0 Å². The Balaban J connectivity index is 1.92. The van der Waals surface area contributed by atoms with E-state index in [9.17, 15) is 9.00 Å². The molecule has 2 rings (SSSR count). The number of rotatable bonds is 5. The molecule has 0 saturated heterocycles. The monoisotopic (exact) mass is 397 g/mol. The molecule has 6 heteroatoms. The minimum Gasteiger partial charge on any atom is -0.324 e. The summed E-state index contributed by atoms with van der Waals surface area (Å²) in [5.74, 6) is -0.0829. The Labute approximate surface area is 161 Å². The van der Waals surface area contributed by atoms with E-state index in [4.69, 9.17) is 23.2 Å². The lowest BCUT2D eigenvalue weighted by Crippen LogP contribution is -2.20. The van der Waals surface area contributed by atoms with Gasteiger partial charge in [0.2, 0.25) is 5.91 Å². The normalized spacial score (nSPS) is 12.7. The predicted octanol–water partition coefficient (Wildman–Crippen LogP) is 5.18. The van der Waals surface area contributed by atoms with E-state index < -0.39 is 10.8 Å². The van der Waals surface area contributed by atoms with Gasteiger partial charge >= 0.3 is 0 Å². The highest BCUT2D eigenvalue weighted by Crippen LogP contribution is 2.25. The third kappa shape index (κ3) is 6.14. The molecule has 134 valence electrons. The highest BCUT2D eigenvalue weighted by molar-refractivity contribution is 7.84. The van der Waals surface area contributed by atoms with Crippen LogP contribution in [0.5, 0.6) is 0 Å². The van der Waals surface area contributed by atoms with Gasteiger partial charge < -0.3 is 5.32 Å². The van der Waals surface area contributed by atoms with Crippen LogP contribution in [0.15, 0.2) is 42.5 Å². The number of benzene rings is 2. The number of carbonyl (C=O) groups is 1. The highest BCUT2D eigenvalue weighted by Gasteiger charge is 2.14. The summed E-state index contributed by atoms with van der Waals surface area (Å²) in [7, 11) is -1.29. The number of halogens is 2. The Bertz CT molecular complexity index is 783. The predicted molar refractivity (Wildman–Crippen MR) is 107 cm³/mol. The summed E-state index contributed by atoms with van der Waals surface area (Å²) in [4.78, 5) is 12.0. The molecule has 0 saturated carbocycles. The summed E-state index contributed by atoms with van der Waals surface area (Å²) in [6, 6.07) is 12.8. The van der Waals surface area contributed by atoms with Crippen molar-refractivity contribution in [2.24, 2.45) is 0 Å². The quantitative estimate of drug-likeness (QED) is 0.755. The van der Waals surface area contributed by atoms with Gasteiger partial charge in [-0.3, -0.25) is 9.00 Å². The van der Waals surface area contributed by atoms with Crippen LogP contribution in [0.25, 0.3) is 0 Å². The second kappa shape index (κ2) is 8.35. The third-order valence-electron chi connectivity index (χ3n) is 3.64. The number of carbonyl (C=O) groups excluding carboxylic acids is 1. The molecule has 0 bridgehead atoms. The number of nitrogens with one attached hydrogen (secondary N) is 1. The Kier molecular flexibility index (Phi) is 6.66. The van der Waals surface area contributed by atoms with E-state index >= 15 is 0 Å². The molecule has 2 aromatic carbocycles. The fourth-order valence-electron chi connectivity index (χ4n) is 2.26. The molecule has 0 spiro atoms. The molecule has 1 unspecified atom stereocenters. The van der Waals surface area contributed by atoms with Gasteiger partial charge in [-0.15, -0.1) is 0 Å². The van der Waals surface area contributed by atoms with Gasteiger partial charge in [-0.05, 0) is 34.7 Å². The van der Waals surface area contributed by atoms with Crippen molar-refractivity contribution in [3.8, 4) is 0 Å². The Hall–Kier alpha value is -1.36. The maximum absolute atomic E-state index is 12.2. The van der Waals surface area contributed by atoms with Gasteiger partial charge in [-0.2, -0.15) is 0 Å². The zero-order valence-electron chi connectivity index (χ0n) is 14.4. The summed E-state index contributed by atoms with van der Waals surface area (Å²) in [6.45, 7) is 6.44. The van der Waals surface area contributed by atoms with Gasteiger partial charge in [-0.1, -0.05) is 68.2 Å². The van der Waals surface area contributed by atoms with Crippen molar-refractivity contribution in [3.05, 3.63) is 63.6 Å². The Morgan fingerprint density at radius 1 is 1.08 bits per heavy atom. The van der Waals surface area contributed by atoms with Crippen LogP contribution in [0.4, 0.5) is 5.69 Å². The van der Waals surface area contributed by atoms with Gasteiger partial charge in [0.1, 0.15) is 5.75 Å². The van der Waals surface area contributed by atoms with Crippen LogP contribution in [0.3, 0.4) is 0 Å². The molecule has 0 radical (unpaired) electrons. The summed E-state index contributed by atoms with van der Waals surface area (Å²) >= 11 is 11.8. The first-order valence-electron chi connectivity index (χ1n) is 7.84. The number of hydrogen-bond donors (Lipinski definition) is 1. The summed E-state index contributed by atoms with van der Waals surface area (Å²) in [6.07, 6.45) is 0. The Morgan fingerprint density at radius 3 is 2.28 bits per heavy atom. The van der Waals surface area contributed by atoms with E-state index in [1.54, 1.807) is 18.2 Å². The number of anilines is 1. The van der Waals surface area contributed by atoms with Crippen molar-refractivity contribution in [2.75, 3.05) is 11.1 Å². The lowest BCUT2D eigenvalue weighted by Gasteiger charge is -2.19. The van der Waals surface area contributed by atoms with Crippen molar-refractivity contribution < 1.29 is 9.00 Å². The zero-order chi connectivity index (χ0) is 18.6. The molecule has 25 heavy (non-hydrogen) atoms. The fraction of sp³-hybridized carbons (Fsp3) is 0.316. The molecule has 1 atom stereocenters. The molecular formula is C19H21Cl2NO2S. The fourth-order valence-corrected chi connectivity index (χ4v) is 3.75. The first-order valence-corrected chi connectivity index (χ1v) is 10.1. The van der Waals surface area contributed by atoms with E-state index in [1.807, 2.05) is 24.3 Å². The maximum atomic E-state index is 12.2. The third-order valence-corrected chi connectivity index (χ3v) is 5.43. The van der Waals surface area contributed by atoms with E-state index in [1.165, 1.54) is 5.56 Å². The van der Waals surface area contributed by atoms with Crippen molar-refractivity contribution in [2.45, 2.75) is 31.9 Å². The molecule has 0 aliphatic rings. The second-order valence-corrected chi connectivity index (χ2v) is 9.15. The average Bonchev–Trinajstić information content (AvgIpc) is 2.49. The van der Waals surface area contributed by atoms with Crippen LogP contribution < -0.4 is 5.32 Å². The Morgan fingerprint density at radius 2 is 1.72 bits per heavy atom. The van der Waals surface area contributed by atoms with E-state index in [0.29, 0.717) is 21.5 Å². The molecule has 0 aliphatic heterocycles. The molecule has 3 nitrogen and oxygen atoms in total. The van der Waals surface area contributed by atoms with Crippen LogP contribution in [0.1, 0.15) is 31.9 Å². The first-order chi connectivity index (χ1) is 11.6. The molecular weight excluding hydrogens is 377 g/mol. The standard InChI is InChI=1S/C19H21Cl2NO2S/c1-19(2,3)14-6-4-13(5-7-14)11-25(24)12-18(23)22-17-9-8-15(20)10-16(17)21/h4-10H,11-12H2,1-3H3,(H,22,23). The van der Waals surface area contributed by atoms with E-state index in [-0.39, 0.29) is 17.1 Å². The SMILES string of the molecule is CC(C)(C)c1ccc(CS(=O)CC(=O)Nc2ccc(Cl)cc2Cl)cc1. The summed E-state index contributed by atoms with van der Waals surface area (Å²) in [5.41, 5.74) is 2.71. The molecule has 0 heterocycles. The van der Waals surface area contributed by atoms with E-state index in [2.05, 4.69) is 26.1 Å². The van der Waals surface area contributed by atoms with Crippen LogP contribution in [0, 0.1) is 0 Å². The van der Waals surface area contributed by atoms with E-state index in [0.717, 1.165) is 5.56 Å². The second-order valence-electron chi connectivity index (χ2n) is 6.85. The van der Waals surface area contributed by atoms with Crippen LogP contribution in [-0.4, -0.2) is 15.9 Å². The first kappa shape index (κ1) is 20.0. The topological polar surface area (TPSA) is 46.2 Å². The van der Waals surface area contributed by atoms with Crippen molar-refractivity contribution in [3.63, 3.8) is 0 Å². The molecule has 0 aromatic heterocycles. The van der Waals surface area contributed by atoms with Gasteiger partial charge in [0, 0.05) is 21.6 Å². The van der Waals surface area contributed by atoms with Gasteiger partial charge in [0.05, 0.1) is 10.7 Å². The van der Waals surface area contributed by atoms with Crippen molar-refractivity contribution in [1.29, 1.82) is 0 Å². The van der Waals surface area contributed by atoms with Gasteiger partial charge in [0.25, 0.3) is 0 Å². The minimum absolute atomic E-state index is 0.0788. The lowest BCUT2D eigenvalue weighted by molar-refractivity contribution is -0.113. The zero-order valence-corrected chi connectivity index (χ0v) is 16.8. The van der Waals surface area contributed by atoms with Crippen molar-refractivity contribution >= 4 is 45.6 Å². The molecule has 1 N–H and O–H groups in total. The van der Waals surface area contributed by atoms with Crippen LogP contribution in [-0.2, 0) is 26.8 Å². The van der Waals surface area contributed by atoms with Gasteiger partial charge in [-0.25, -0.2) is 0 Å². The maximum Gasteiger partial charge on any atom is 0.237 e. The number of hydrogen-bond acceptors (Lipinski definition) is 2. The molecule has 1 amide bonds.